The first-order valence-corrected chi connectivity index (χ1v) is 9.90. The number of fused-ring (bicyclic) bond motifs is 1. The highest BCUT2D eigenvalue weighted by molar-refractivity contribution is 8.01. The first kappa shape index (κ1) is 17.0. The van der Waals surface area contributed by atoms with Crippen molar-refractivity contribution in [2.75, 3.05) is 11.1 Å². The number of thioether (sulfide) groups is 1. The summed E-state index contributed by atoms with van der Waals surface area (Å²) in [6.07, 6.45) is 1.82. The van der Waals surface area contributed by atoms with Crippen LogP contribution in [0.1, 0.15) is 25.0 Å². The van der Waals surface area contributed by atoms with Crippen molar-refractivity contribution in [2.45, 2.75) is 31.0 Å². The lowest BCUT2D eigenvalue weighted by Crippen LogP contribution is -2.16. The summed E-state index contributed by atoms with van der Waals surface area (Å²) in [5.41, 5.74) is 4.35. The highest BCUT2D eigenvalue weighted by atomic mass is 32.2. The lowest BCUT2D eigenvalue weighted by Gasteiger charge is -2.14. The molecule has 0 unspecified atom stereocenters. The number of thiazole rings is 1. The third kappa shape index (κ3) is 3.79. The molecule has 2 aromatic carbocycles. The van der Waals surface area contributed by atoms with E-state index in [0.717, 1.165) is 33.1 Å². The molecule has 0 fully saturated rings. The zero-order chi connectivity index (χ0) is 16.9. The Morgan fingerprint density at radius 3 is 2.46 bits per heavy atom. The van der Waals surface area contributed by atoms with Crippen LogP contribution in [0.5, 0.6) is 0 Å². The maximum atomic E-state index is 12.4. The number of hydrogen-bond acceptors (Lipinski definition) is 4. The smallest absolute Gasteiger partial charge is 0.234 e. The van der Waals surface area contributed by atoms with E-state index in [2.05, 4.69) is 48.4 Å². The van der Waals surface area contributed by atoms with Crippen LogP contribution in [0.4, 0.5) is 5.69 Å². The molecule has 0 spiro atoms. The van der Waals surface area contributed by atoms with Gasteiger partial charge in [-0.2, -0.15) is 0 Å². The van der Waals surface area contributed by atoms with Crippen LogP contribution >= 0.6 is 23.1 Å². The van der Waals surface area contributed by atoms with Gasteiger partial charge in [0.1, 0.15) is 0 Å². The van der Waals surface area contributed by atoms with Gasteiger partial charge in [-0.3, -0.25) is 4.79 Å². The summed E-state index contributed by atoms with van der Waals surface area (Å²) in [4.78, 5) is 16.9. The van der Waals surface area contributed by atoms with Crippen molar-refractivity contribution < 1.29 is 4.79 Å². The maximum Gasteiger partial charge on any atom is 0.234 e. The number of para-hydroxylation sites is 2. The SMILES string of the molecule is CCc1cccc(CC)c1NC(=O)CSc1nc2ccccc2s1. The molecule has 3 nitrogen and oxygen atoms in total. The standard InChI is InChI=1S/C19H20N2OS2/c1-3-13-8-7-9-14(4-2)18(13)21-17(22)12-23-19-20-15-10-5-6-11-16(15)24-19/h5-11H,3-4,12H2,1-2H3,(H,21,22). The topological polar surface area (TPSA) is 42.0 Å². The van der Waals surface area contributed by atoms with Crippen molar-refractivity contribution in [3.63, 3.8) is 0 Å². The molecular weight excluding hydrogens is 336 g/mol. The molecule has 0 bridgehead atoms. The number of carbonyl (C=O) groups excluding carboxylic acids is 1. The van der Waals surface area contributed by atoms with Crippen molar-refractivity contribution in [1.29, 1.82) is 0 Å². The van der Waals surface area contributed by atoms with Crippen LogP contribution in [0, 0.1) is 0 Å². The molecule has 5 heteroatoms. The zero-order valence-corrected chi connectivity index (χ0v) is 15.5. The van der Waals surface area contributed by atoms with Gasteiger partial charge in [-0.1, -0.05) is 55.9 Å². The third-order valence-electron chi connectivity index (χ3n) is 3.86. The second-order valence-electron chi connectivity index (χ2n) is 5.44. The normalized spacial score (nSPS) is 10.9. The molecule has 3 aromatic rings. The molecule has 0 atom stereocenters. The predicted octanol–water partition coefficient (Wildman–Crippen LogP) is 5.15. The van der Waals surface area contributed by atoms with Crippen LogP contribution in [0.2, 0.25) is 0 Å². The van der Waals surface area contributed by atoms with Crippen LogP contribution in [-0.4, -0.2) is 16.6 Å². The largest absolute Gasteiger partial charge is 0.325 e. The van der Waals surface area contributed by atoms with E-state index in [1.54, 1.807) is 11.3 Å². The minimum absolute atomic E-state index is 0.0230. The second-order valence-corrected chi connectivity index (χ2v) is 7.70. The van der Waals surface area contributed by atoms with E-state index in [1.807, 2.05) is 18.2 Å². The molecule has 0 aliphatic rings. The van der Waals surface area contributed by atoms with E-state index < -0.39 is 0 Å². The van der Waals surface area contributed by atoms with Crippen LogP contribution in [0.15, 0.2) is 46.8 Å². The van der Waals surface area contributed by atoms with Gasteiger partial charge < -0.3 is 5.32 Å². The van der Waals surface area contributed by atoms with Gasteiger partial charge in [0.05, 0.1) is 16.0 Å². The van der Waals surface area contributed by atoms with Crippen molar-refractivity contribution in [1.82, 2.24) is 4.98 Å². The number of nitrogens with zero attached hydrogens (tertiary/aromatic N) is 1. The van der Waals surface area contributed by atoms with Gasteiger partial charge in [0, 0.05) is 5.69 Å². The fourth-order valence-electron chi connectivity index (χ4n) is 2.62. The number of carbonyl (C=O) groups is 1. The molecule has 1 amide bonds. The summed E-state index contributed by atoms with van der Waals surface area (Å²) in [5.74, 6) is 0.399. The number of hydrogen-bond donors (Lipinski definition) is 1. The Balaban J connectivity index is 1.68. The Labute approximate surface area is 150 Å². The maximum absolute atomic E-state index is 12.4. The first-order valence-electron chi connectivity index (χ1n) is 8.10. The van der Waals surface area contributed by atoms with Gasteiger partial charge in [0.25, 0.3) is 0 Å². The van der Waals surface area contributed by atoms with Crippen molar-refractivity contribution in [2.24, 2.45) is 0 Å². The van der Waals surface area contributed by atoms with Crippen LogP contribution in [0.3, 0.4) is 0 Å². The molecule has 124 valence electrons. The molecule has 3 rings (SSSR count). The molecular formula is C19H20N2OS2. The van der Waals surface area contributed by atoms with Gasteiger partial charge in [-0.15, -0.1) is 11.3 Å². The van der Waals surface area contributed by atoms with E-state index in [0.29, 0.717) is 5.75 Å². The van der Waals surface area contributed by atoms with Crippen LogP contribution in [-0.2, 0) is 17.6 Å². The van der Waals surface area contributed by atoms with Gasteiger partial charge in [0.2, 0.25) is 5.91 Å². The molecule has 0 aliphatic heterocycles. The van der Waals surface area contributed by atoms with Crippen molar-refractivity contribution >= 4 is 44.9 Å². The summed E-state index contributed by atoms with van der Waals surface area (Å²) in [6.45, 7) is 4.22. The van der Waals surface area contributed by atoms with E-state index in [1.165, 1.54) is 22.9 Å². The molecule has 1 N–H and O–H groups in total. The number of amides is 1. The van der Waals surface area contributed by atoms with Crippen LogP contribution < -0.4 is 5.32 Å². The summed E-state index contributed by atoms with van der Waals surface area (Å²) in [7, 11) is 0. The monoisotopic (exact) mass is 356 g/mol. The minimum Gasteiger partial charge on any atom is -0.325 e. The minimum atomic E-state index is 0.0230. The van der Waals surface area contributed by atoms with Crippen molar-refractivity contribution in [3.05, 3.63) is 53.6 Å². The number of benzene rings is 2. The first-order chi connectivity index (χ1) is 11.7. The predicted molar refractivity (Wildman–Crippen MR) is 104 cm³/mol. The molecule has 0 radical (unpaired) electrons. The van der Waals surface area contributed by atoms with E-state index in [-0.39, 0.29) is 5.91 Å². The molecule has 0 saturated heterocycles. The number of rotatable bonds is 6. The third-order valence-corrected chi connectivity index (χ3v) is 6.04. The number of anilines is 1. The Morgan fingerprint density at radius 2 is 1.79 bits per heavy atom. The average molecular weight is 357 g/mol. The summed E-state index contributed by atoms with van der Waals surface area (Å²) < 4.78 is 2.09. The zero-order valence-electron chi connectivity index (χ0n) is 13.8. The molecule has 24 heavy (non-hydrogen) atoms. The van der Waals surface area contributed by atoms with Gasteiger partial charge in [-0.05, 0) is 36.1 Å². The molecule has 1 aromatic heterocycles. The fraction of sp³-hybridized carbons (Fsp3) is 0.263. The van der Waals surface area contributed by atoms with E-state index in [9.17, 15) is 4.79 Å². The summed E-state index contributed by atoms with van der Waals surface area (Å²) >= 11 is 3.13. The van der Waals surface area contributed by atoms with Gasteiger partial charge in [0.15, 0.2) is 4.34 Å². The van der Waals surface area contributed by atoms with Crippen molar-refractivity contribution in [3.8, 4) is 0 Å². The lowest BCUT2D eigenvalue weighted by atomic mass is 10.0. The van der Waals surface area contributed by atoms with Gasteiger partial charge >= 0.3 is 0 Å². The quantitative estimate of drug-likeness (QED) is 0.621. The average Bonchev–Trinajstić information content (AvgIpc) is 3.03. The highest BCUT2D eigenvalue weighted by Gasteiger charge is 2.12. The molecule has 0 saturated carbocycles. The Morgan fingerprint density at radius 1 is 1.08 bits per heavy atom. The number of aromatic nitrogens is 1. The highest BCUT2D eigenvalue weighted by Crippen LogP contribution is 2.29. The fourth-order valence-corrected chi connectivity index (χ4v) is 4.49. The Bertz CT molecular complexity index is 802. The number of nitrogens with one attached hydrogen (secondary N) is 1. The summed E-state index contributed by atoms with van der Waals surface area (Å²) in [5, 5.41) is 3.10. The lowest BCUT2D eigenvalue weighted by molar-refractivity contribution is -0.113. The second kappa shape index (κ2) is 7.81. The number of aryl methyl sites for hydroxylation is 2. The summed E-state index contributed by atoms with van der Waals surface area (Å²) in [6, 6.07) is 14.3. The Hall–Kier alpha value is -1.85. The van der Waals surface area contributed by atoms with Gasteiger partial charge in [-0.25, -0.2) is 4.98 Å². The van der Waals surface area contributed by atoms with E-state index in [4.69, 9.17) is 0 Å². The van der Waals surface area contributed by atoms with Crippen LogP contribution in [0.25, 0.3) is 10.2 Å². The molecule has 0 aliphatic carbocycles. The van der Waals surface area contributed by atoms with E-state index >= 15 is 0 Å². The Kier molecular flexibility index (Phi) is 5.53. The molecule has 1 heterocycles.